The summed E-state index contributed by atoms with van der Waals surface area (Å²) in [5.74, 6) is 1.83. The zero-order valence-corrected chi connectivity index (χ0v) is 17.9. The first-order valence-electron chi connectivity index (χ1n) is 10.6. The molecule has 162 valence electrons. The number of ether oxygens (including phenoxy) is 2. The normalized spacial score (nSPS) is 14.6. The van der Waals surface area contributed by atoms with E-state index in [-0.39, 0.29) is 17.0 Å². The van der Waals surface area contributed by atoms with Crippen LogP contribution < -0.4 is 14.9 Å². The van der Waals surface area contributed by atoms with Gasteiger partial charge in [-0.2, -0.15) is 5.10 Å². The zero-order valence-electron chi connectivity index (χ0n) is 17.9. The lowest BCUT2D eigenvalue weighted by molar-refractivity contribution is 0.0678. The van der Waals surface area contributed by atoms with E-state index in [4.69, 9.17) is 9.47 Å². The molecule has 2 heterocycles. The Morgan fingerprint density at radius 1 is 1.10 bits per heavy atom. The molecule has 0 unspecified atom stereocenters. The van der Waals surface area contributed by atoms with Gasteiger partial charge in [0.2, 0.25) is 5.43 Å². The van der Waals surface area contributed by atoms with E-state index in [2.05, 4.69) is 10.2 Å². The molecular weight excluding hydrogens is 394 g/mol. The number of nitrogens with one attached hydrogen (secondary N) is 1. The molecule has 0 spiro atoms. The molecule has 7 nitrogen and oxygen atoms in total. The Labute approximate surface area is 181 Å². The molecule has 1 saturated heterocycles. The van der Waals surface area contributed by atoms with Gasteiger partial charge in [0.15, 0.2) is 5.69 Å². The maximum atomic E-state index is 12.9. The van der Waals surface area contributed by atoms with Crippen LogP contribution in [0.25, 0.3) is 10.9 Å². The average molecular weight is 421 g/mol. The third-order valence-electron chi connectivity index (χ3n) is 6.03. The number of hydrogen-bond acceptors (Lipinski definition) is 5. The van der Waals surface area contributed by atoms with Crippen LogP contribution >= 0.6 is 0 Å². The highest BCUT2D eigenvalue weighted by Gasteiger charge is 2.26. The number of hydrogen-bond donors (Lipinski definition) is 1. The number of amides is 1. The predicted octanol–water partition coefficient (Wildman–Crippen LogP) is 3.43. The molecular formula is C24H27N3O4. The average Bonchev–Trinajstić information content (AvgIpc) is 2.82. The topological polar surface area (TPSA) is 84.5 Å². The molecule has 1 aliphatic rings. The summed E-state index contributed by atoms with van der Waals surface area (Å²) in [6.45, 7) is 1.28. The van der Waals surface area contributed by atoms with Gasteiger partial charge in [0.25, 0.3) is 5.91 Å². The number of aromatic nitrogens is 2. The van der Waals surface area contributed by atoms with Crippen LogP contribution in [0.15, 0.2) is 47.3 Å². The molecule has 1 aromatic heterocycles. The van der Waals surface area contributed by atoms with E-state index in [1.54, 1.807) is 37.3 Å². The summed E-state index contributed by atoms with van der Waals surface area (Å²) in [7, 11) is 3.31. The number of carbonyl (C=O) groups is 1. The second kappa shape index (κ2) is 9.20. The van der Waals surface area contributed by atoms with Crippen molar-refractivity contribution >= 4 is 16.8 Å². The Bertz CT molecular complexity index is 1110. The molecule has 1 N–H and O–H groups in total. The highest BCUT2D eigenvalue weighted by Crippen LogP contribution is 2.27. The first-order valence-corrected chi connectivity index (χ1v) is 10.6. The van der Waals surface area contributed by atoms with Gasteiger partial charge in [0.1, 0.15) is 11.5 Å². The predicted molar refractivity (Wildman–Crippen MR) is 119 cm³/mol. The number of nitrogens with zero attached hydrogens (tertiary/aromatic N) is 2. The minimum Gasteiger partial charge on any atom is -0.497 e. The number of para-hydroxylation sites is 1. The Hall–Kier alpha value is -3.35. The highest BCUT2D eigenvalue weighted by molar-refractivity contribution is 5.95. The van der Waals surface area contributed by atoms with Gasteiger partial charge in [-0.15, -0.1) is 0 Å². The van der Waals surface area contributed by atoms with E-state index in [0.717, 1.165) is 37.2 Å². The highest BCUT2D eigenvalue weighted by atomic mass is 16.5. The number of carbonyl (C=O) groups excluding carboxylic acids is 1. The van der Waals surface area contributed by atoms with E-state index >= 15 is 0 Å². The number of methoxy groups -OCH3 is 2. The number of rotatable bonds is 6. The van der Waals surface area contributed by atoms with Crippen molar-refractivity contribution < 1.29 is 14.3 Å². The molecule has 0 radical (unpaired) electrons. The number of likely N-dealkylation sites (tertiary alicyclic amines) is 1. The van der Waals surface area contributed by atoms with Crippen LogP contribution in [-0.2, 0) is 6.42 Å². The molecule has 7 heteroatoms. The molecule has 1 amide bonds. The van der Waals surface area contributed by atoms with Gasteiger partial charge in [-0.05, 0) is 61.4 Å². The van der Waals surface area contributed by atoms with Crippen LogP contribution in [0.2, 0.25) is 0 Å². The fourth-order valence-corrected chi connectivity index (χ4v) is 4.17. The third-order valence-corrected chi connectivity index (χ3v) is 6.03. The van der Waals surface area contributed by atoms with Crippen LogP contribution in [-0.4, -0.2) is 48.3 Å². The minimum absolute atomic E-state index is 0.0272. The lowest BCUT2D eigenvalue weighted by Gasteiger charge is -2.31. The van der Waals surface area contributed by atoms with E-state index in [0.29, 0.717) is 29.9 Å². The second-order valence-electron chi connectivity index (χ2n) is 7.94. The third kappa shape index (κ3) is 4.55. The summed E-state index contributed by atoms with van der Waals surface area (Å²) in [6.07, 6.45) is 3.79. The molecule has 3 aromatic rings. The van der Waals surface area contributed by atoms with Crippen LogP contribution in [0.5, 0.6) is 11.5 Å². The van der Waals surface area contributed by atoms with Gasteiger partial charge in [-0.25, -0.2) is 0 Å². The largest absolute Gasteiger partial charge is 0.497 e. The monoisotopic (exact) mass is 421 g/mol. The van der Waals surface area contributed by atoms with Gasteiger partial charge in [-0.3, -0.25) is 14.7 Å². The van der Waals surface area contributed by atoms with Gasteiger partial charge >= 0.3 is 0 Å². The van der Waals surface area contributed by atoms with E-state index in [9.17, 15) is 9.59 Å². The van der Waals surface area contributed by atoms with Crippen molar-refractivity contribution in [1.82, 2.24) is 15.1 Å². The summed E-state index contributed by atoms with van der Waals surface area (Å²) in [4.78, 5) is 27.3. The molecule has 1 aliphatic heterocycles. The Balaban J connectivity index is 1.36. The number of fused-ring (bicyclic) bond motifs is 1. The van der Waals surface area contributed by atoms with E-state index in [1.807, 2.05) is 24.3 Å². The van der Waals surface area contributed by atoms with Crippen molar-refractivity contribution in [3.8, 4) is 11.5 Å². The first-order chi connectivity index (χ1) is 15.1. The van der Waals surface area contributed by atoms with E-state index < -0.39 is 0 Å². The van der Waals surface area contributed by atoms with E-state index in [1.165, 1.54) is 5.56 Å². The molecule has 4 rings (SSSR count). The molecule has 0 bridgehead atoms. The van der Waals surface area contributed by atoms with Crippen molar-refractivity contribution in [3.63, 3.8) is 0 Å². The Morgan fingerprint density at radius 2 is 1.77 bits per heavy atom. The minimum atomic E-state index is -0.312. The Kier molecular flexibility index (Phi) is 6.21. The van der Waals surface area contributed by atoms with Crippen molar-refractivity contribution in [2.45, 2.75) is 25.7 Å². The van der Waals surface area contributed by atoms with Gasteiger partial charge in [-0.1, -0.05) is 12.1 Å². The smallest absolute Gasteiger partial charge is 0.278 e. The maximum Gasteiger partial charge on any atom is 0.278 e. The molecule has 31 heavy (non-hydrogen) atoms. The Morgan fingerprint density at radius 3 is 2.45 bits per heavy atom. The molecule has 0 atom stereocenters. The van der Waals surface area contributed by atoms with Crippen molar-refractivity contribution in [2.24, 2.45) is 5.92 Å². The number of aryl methyl sites for hydroxylation is 1. The number of benzene rings is 2. The summed E-state index contributed by atoms with van der Waals surface area (Å²) in [5.41, 5.74) is 1.48. The lowest BCUT2D eigenvalue weighted by Crippen LogP contribution is -2.41. The number of piperidine rings is 1. The number of H-pyrrole nitrogens is 1. The summed E-state index contributed by atoms with van der Waals surface area (Å²) >= 11 is 0. The lowest BCUT2D eigenvalue weighted by atomic mass is 9.90. The van der Waals surface area contributed by atoms with Gasteiger partial charge < -0.3 is 14.4 Å². The molecule has 0 aliphatic carbocycles. The quantitative estimate of drug-likeness (QED) is 0.659. The SMILES string of the molecule is COc1cc(CCC2CCN(C(=O)c3n[nH]c4ccccc4c3=O)CC2)cc(OC)c1. The van der Waals surface area contributed by atoms with Crippen LogP contribution in [0.3, 0.4) is 0 Å². The van der Waals surface area contributed by atoms with Crippen molar-refractivity contribution in [1.29, 1.82) is 0 Å². The summed E-state index contributed by atoms with van der Waals surface area (Å²) in [5, 5.41) is 7.38. The fourth-order valence-electron chi connectivity index (χ4n) is 4.17. The zero-order chi connectivity index (χ0) is 21.8. The van der Waals surface area contributed by atoms with Crippen molar-refractivity contribution in [3.05, 3.63) is 63.9 Å². The molecule has 2 aromatic carbocycles. The standard InChI is InChI=1S/C24H27N3O4/c1-30-18-13-17(14-19(15-18)31-2)8-7-16-9-11-27(12-10-16)24(29)22-23(28)20-5-3-4-6-21(20)25-26-22/h3-6,13-16H,7-12H2,1-2H3,(H,25,28). The number of aromatic amines is 1. The van der Waals surface area contributed by atoms with Crippen LogP contribution in [0.4, 0.5) is 0 Å². The fraction of sp³-hybridized carbons (Fsp3) is 0.375. The summed E-state index contributed by atoms with van der Waals surface area (Å²) < 4.78 is 10.7. The van der Waals surface area contributed by atoms with Gasteiger partial charge in [0, 0.05) is 24.5 Å². The van der Waals surface area contributed by atoms with Crippen molar-refractivity contribution in [2.75, 3.05) is 27.3 Å². The molecule has 1 fully saturated rings. The summed E-state index contributed by atoms with van der Waals surface area (Å²) in [6, 6.07) is 13.1. The van der Waals surface area contributed by atoms with Gasteiger partial charge in [0.05, 0.1) is 19.7 Å². The van der Waals surface area contributed by atoms with Crippen LogP contribution in [0.1, 0.15) is 35.3 Å². The van der Waals surface area contributed by atoms with Crippen LogP contribution in [0, 0.1) is 5.92 Å². The first kappa shape index (κ1) is 20.9. The maximum absolute atomic E-state index is 12.9. The second-order valence-corrected chi connectivity index (χ2v) is 7.94. The molecule has 0 saturated carbocycles.